The van der Waals surface area contributed by atoms with Crippen molar-refractivity contribution in [3.8, 4) is 0 Å². The van der Waals surface area contributed by atoms with Gasteiger partial charge in [0.1, 0.15) is 4.21 Å². The molecule has 0 aliphatic rings. The molecule has 0 bridgehead atoms. The Morgan fingerprint density at radius 2 is 2.05 bits per heavy atom. The number of thiophene rings is 1. The molecule has 0 atom stereocenters. The fraction of sp³-hybridized carbons (Fsp3) is 0.0833. The predicted molar refractivity (Wildman–Crippen MR) is 85.6 cm³/mol. The van der Waals surface area contributed by atoms with E-state index in [0.717, 1.165) is 14.7 Å². The van der Waals surface area contributed by atoms with Crippen LogP contribution in [-0.4, -0.2) is 13.0 Å². The SMILES string of the molecule is Cn1c(=NS(=O)(=O)c2cccs2)sc2cccc(Br)c21. The Labute approximate surface area is 132 Å². The zero-order chi connectivity index (χ0) is 14.3. The highest BCUT2D eigenvalue weighted by atomic mass is 79.9. The molecular weight excluding hydrogens is 380 g/mol. The Morgan fingerprint density at radius 3 is 2.70 bits per heavy atom. The molecule has 0 unspecified atom stereocenters. The van der Waals surface area contributed by atoms with Crippen LogP contribution in [0.3, 0.4) is 0 Å². The molecule has 0 aliphatic heterocycles. The van der Waals surface area contributed by atoms with Gasteiger partial charge in [-0.15, -0.1) is 15.7 Å². The van der Waals surface area contributed by atoms with Crippen LogP contribution < -0.4 is 4.80 Å². The van der Waals surface area contributed by atoms with Crippen molar-refractivity contribution in [1.82, 2.24) is 4.57 Å². The van der Waals surface area contributed by atoms with Crippen LogP contribution in [-0.2, 0) is 17.1 Å². The molecular formula is C12H9BrN2O2S3. The summed E-state index contributed by atoms with van der Waals surface area (Å²) in [7, 11) is -1.82. The summed E-state index contributed by atoms with van der Waals surface area (Å²) in [6.07, 6.45) is 0. The van der Waals surface area contributed by atoms with Gasteiger partial charge in [-0.2, -0.15) is 8.42 Å². The first-order valence-electron chi connectivity index (χ1n) is 5.57. The van der Waals surface area contributed by atoms with Crippen molar-refractivity contribution in [2.45, 2.75) is 4.21 Å². The van der Waals surface area contributed by atoms with E-state index < -0.39 is 10.0 Å². The number of fused-ring (bicyclic) bond motifs is 1. The van der Waals surface area contributed by atoms with E-state index in [1.165, 1.54) is 22.7 Å². The molecule has 0 saturated heterocycles. The lowest BCUT2D eigenvalue weighted by atomic mass is 10.3. The number of thiazole rings is 1. The highest BCUT2D eigenvalue weighted by Gasteiger charge is 2.15. The van der Waals surface area contributed by atoms with E-state index in [2.05, 4.69) is 20.3 Å². The van der Waals surface area contributed by atoms with Gasteiger partial charge >= 0.3 is 0 Å². The maximum atomic E-state index is 12.2. The summed E-state index contributed by atoms with van der Waals surface area (Å²) in [6.45, 7) is 0. The topological polar surface area (TPSA) is 51.4 Å². The maximum Gasteiger partial charge on any atom is 0.294 e. The van der Waals surface area contributed by atoms with Crippen molar-refractivity contribution < 1.29 is 8.42 Å². The van der Waals surface area contributed by atoms with Crippen molar-refractivity contribution >= 4 is 58.8 Å². The van der Waals surface area contributed by atoms with Gasteiger partial charge in [-0.05, 0) is 39.5 Å². The lowest BCUT2D eigenvalue weighted by molar-refractivity contribution is 0.598. The Morgan fingerprint density at radius 1 is 1.25 bits per heavy atom. The van der Waals surface area contributed by atoms with Gasteiger partial charge in [-0.25, -0.2) is 0 Å². The van der Waals surface area contributed by atoms with Crippen molar-refractivity contribution in [3.63, 3.8) is 0 Å². The first kappa shape index (κ1) is 14.0. The van der Waals surface area contributed by atoms with Crippen molar-refractivity contribution in [1.29, 1.82) is 0 Å². The number of nitrogens with zero attached hydrogens (tertiary/aromatic N) is 2. The predicted octanol–water partition coefficient (Wildman–Crippen LogP) is 3.35. The van der Waals surface area contributed by atoms with E-state index in [1.807, 2.05) is 25.2 Å². The first-order valence-corrected chi connectivity index (χ1v) is 9.50. The smallest absolute Gasteiger partial charge is 0.294 e. The summed E-state index contributed by atoms with van der Waals surface area (Å²) in [5.74, 6) is 0. The summed E-state index contributed by atoms with van der Waals surface area (Å²) in [4.78, 5) is 0.459. The van der Waals surface area contributed by atoms with E-state index in [0.29, 0.717) is 4.80 Å². The molecule has 4 nitrogen and oxygen atoms in total. The fourth-order valence-corrected chi connectivity index (χ4v) is 5.81. The molecule has 0 fully saturated rings. The number of halogens is 1. The highest BCUT2D eigenvalue weighted by molar-refractivity contribution is 9.10. The second kappa shape index (κ2) is 5.10. The van der Waals surface area contributed by atoms with Crippen molar-refractivity contribution in [2.75, 3.05) is 0 Å². The molecule has 3 rings (SSSR count). The van der Waals surface area contributed by atoms with E-state index in [9.17, 15) is 8.42 Å². The molecule has 0 radical (unpaired) electrons. The van der Waals surface area contributed by atoms with Crippen LogP contribution in [0.4, 0.5) is 0 Å². The minimum atomic E-state index is -3.64. The second-order valence-electron chi connectivity index (χ2n) is 4.03. The summed E-state index contributed by atoms with van der Waals surface area (Å²) in [6, 6.07) is 9.05. The molecule has 1 aromatic carbocycles. The third-order valence-corrected chi connectivity index (χ3v) is 7.21. The van der Waals surface area contributed by atoms with Gasteiger partial charge in [0.05, 0.1) is 10.2 Å². The molecule has 0 amide bonds. The molecule has 2 heterocycles. The van der Waals surface area contributed by atoms with Gasteiger partial charge in [-0.1, -0.05) is 23.5 Å². The van der Waals surface area contributed by atoms with Crippen LogP contribution in [0, 0.1) is 0 Å². The molecule has 0 spiro atoms. The highest BCUT2D eigenvalue weighted by Crippen LogP contribution is 2.25. The van der Waals surface area contributed by atoms with E-state index in [-0.39, 0.29) is 4.21 Å². The zero-order valence-electron chi connectivity index (χ0n) is 10.3. The molecule has 0 aliphatic carbocycles. The maximum absolute atomic E-state index is 12.2. The lowest BCUT2D eigenvalue weighted by Crippen LogP contribution is -2.13. The molecule has 0 N–H and O–H groups in total. The lowest BCUT2D eigenvalue weighted by Gasteiger charge is -1.98. The number of rotatable bonds is 2. The number of benzene rings is 1. The third kappa shape index (κ3) is 2.37. The third-order valence-electron chi connectivity index (χ3n) is 2.72. The van der Waals surface area contributed by atoms with Crippen LogP contribution >= 0.6 is 38.6 Å². The number of aryl methyl sites for hydroxylation is 1. The van der Waals surface area contributed by atoms with E-state index >= 15 is 0 Å². The normalized spacial score (nSPS) is 13.2. The van der Waals surface area contributed by atoms with Gasteiger partial charge in [0, 0.05) is 11.5 Å². The largest absolute Gasteiger partial charge is 0.318 e. The minimum absolute atomic E-state index is 0.258. The Kier molecular flexibility index (Phi) is 3.57. The molecule has 20 heavy (non-hydrogen) atoms. The number of aromatic nitrogens is 1. The van der Waals surface area contributed by atoms with Gasteiger partial charge < -0.3 is 4.57 Å². The summed E-state index contributed by atoms with van der Waals surface area (Å²) in [5, 5.41) is 1.73. The monoisotopic (exact) mass is 388 g/mol. The number of hydrogen-bond acceptors (Lipinski definition) is 4. The second-order valence-corrected chi connectivity index (χ2v) is 8.67. The summed E-state index contributed by atoms with van der Waals surface area (Å²) < 4.78 is 32.3. The Balaban J connectivity index is 2.28. The number of hydrogen-bond donors (Lipinski definition) is 0. The standard InChI is InChI=1S/C12H9BrN2O2S3/c1-15-11-8(13)4-2-5-9(11)19-12(15)14-20(16,17)10-6-3-7-18-10/h2-7H,1H3. The van der Waals surface area contributed by atoms with Crippen LogP contribution in [0.15, 0.2) is 48.8 Å². The molecule has 3 aromatic rings. The number of para-hydroxylation sites is 1. The molecule has 104 valence electrons. The van der Waals surface area contributed by atoms with Crippen LogP contribution in [0.5, 0.6) is 0 Å². The average Bonchev–Trinajstić information content (AvgIpc) is 3.00. The average molecular weight is 389 g/mol. The first-order chi connectivity index (χ1) is 9.49. The summed E-state index contributed by atoms with van der Waals surface area (Å²) in [5.41, 5.74) is 0.942. The van der Waals surface area contributed by atoms with Crippen LogP contribution in [0.1, 0.15) is 0 Å². The Hall–Kier alpha value is -0.960. The van der Waals surface area contributed by atoms with Gasteiger partial charge in [0.2, 0.25) is 4.80 Å². The quantitative estimate of drug-likeness (QED) is 0.675. The zero-order valence-corrected chi connectivity index (χ0v) is 14.3. The molecule has 0 saturated carbocycles. The van der Waals surface area contributed by atoms with Crippen LogP contribution in [0.2, 0.25) is 0 Å². The van der Waals surface area contributed by atoms with E-state index in [4.69, 9.17) is 0 Å². The Bertz CT molecular complexity index is 937. The summed E-state index contributed by atoms with van der Waals surface area (Å²) >= 11 is 6.00. The van der Waals surface area contributed by atoms with Gasteiger partial charge in [0.25, 0.3) is 10.0 Å². The number of sulfonamides is 1. The van der Waals surface area contributed by atoms with Crippen molar-refractivity contribution in [2.24, 2.45) is 11.4 Å². The molecule has 2 aromatic heterocycles. The van der Waals surface area contributed by atoms with Crippen molar-refractivity contribution in [3.05, 3.63) is 45.0 Å². The van der Waals surface area contributed by atoms with E-state index in [1.54, 1.807) is 22.1 Å². The van der Waals surface area contributed by atoms with Gasteiger partial charge in [0.15, 0.2) is 0 Å². The molecule has 8 heteroatoms. The van der Waals surface area contributed by atoms with Crippen LogP contribution in [0.25, 0.3) is 10.2 Å². The fourth-order valence-electron chi connectivity index (χ4n) is 1.80. The minimum Gasteiger partial charge on any atom is -0.318 e. The van der Waals surface area contributed by atoms with Gasteiger partial charge in [-0.3, -0.25) is 0 Å².